The Balaban J connectivity index is 1.24. The molecule has 260 valence electrons. The van der Waals surface area contributed by atoms with E-state index in [4.69, 9.17) is 0 Å². The summed E-state index contributed by atoms with van der Waals surface area (Å²) in [7, 11) is 0. The van der Waals surface area contributed by atoms with Crippen LogP contribution in [0.25, 0.3) is 98.4 Å². The molecule has 0 bridgehead atoms. The van der Waals surface area contributed by atoms with Gasteiger partial charge in [-0.25, -0.2) is 0 Å². The average Bonchev–Trinajstić information content (AvgIpc) is 3.45. The Hall–Kier alpha value is -6.50. The predicted molar refractivity (Wildman–Crippen MR) is 237 cm³/mol. The molecule has 1 aliphatic rings. The van der Waals surface area contributed by atoms with Crippen LogP contribution in [-0.4, -0.2) is 0 Å². The molecule has 1 aliphatic carbocycles. The van der Waals surface area contributed by atoms with E-state index in [9.17, 15) is 0 Å². The zero-order valence-electron chi connectivity index (χ0n) is 31.7. The van der Waals surface area contributed by atoms with E-state index in [1.54, 1.807) is 0 Å². The smallest absolute Gasteiger partial charge is 0.0159 e. The second kappa shape index (κ2) is 11.7. The fourth-order valence-electron chi connectivity index (χ4n) is 9.95. The maximum absolute atomic E-state index is 2.50. The third kappa shape index (κ3) is 4.65. The molecule has 0 heteroatoms. The molecule has 11 rings (SSSR count). The lowest BCUT2D eigenvalue weighted by Gasteiger charge is -2.22. The lowest BCUT2D eigenvalue weighted by atomic mass is 9.81. The molecule has 0 nitrogen and oxygen atoms in total. The number of fused-ring (bicyclic) bond motifs is 10. The van der Waals surface area contributed by atoms with Crippen LogP contribution in [0, 0.1) is 13.8 Å². The van der Waals surface area contributed by atoms with Crippen molar-refractivity contribution in [3.05, 3.63) is 192 Å². The quantitative estimate of drug-likeness (QED) is 0.161. The largest absolute Gasteiger partial charge is 0.0619 e. The number of benzene rings is 10. The highest BCUT2D eigenvalue weighted by molar-refractivity contribution is 6.26. The van der Waals surface area contributed by atoms with Gasteiger partial charge >= 0.3 is 0 Å². The van der Waals surface area contributed by atoms with Gasteiger partial charge in [0.05, 0.1) is 0 Å². The first-order valence-corrected chi connectivity index (χ1v) is 19.5. The summed E-state index contributed by atoms with van der Waals surface area (Å²) in [6, 6.07) is 64.1. The first kappa shape index (κ1) is 32.0. The van der Waals surface area contributed by atoms with Gasteiger partial charge in [-0.05, 0) is 159 Å². The molecule has 0 spiro atoms. The van der Waals surface area contributed by atoms with Crippen LogP contribution >= 0.6 is 0 Å². The van der Waals surface area contributed by atoms with Gasteiger partial charge in [-0.15, -0.1) is 0 Å². The van der Waals surface area contributed by atoms with Crippen molar-refractivity contribution in [3.63, 3.8) is 0 Å². The summed E-state index contributed by atoms with van der Waals surface area (Å²) in [5.41, 5.74) is 15.7. The molecule has 0 aromatic heterocycles. The van der Waals surface area contributed by atoms with E-state index in [2.05, 4.69) is 198 Å². The zero-order chi connectivity index (χ0) is 37.0. The molecule has 0 N–H and O–H groups in total. The minimum Gasteiger partial charge on any atom is -0.0619 e. The summed E-state index contributed by atoms with van der Waals surface area (Å²) in [5.74, 6) is 0. The van der Waals surface area contributed by atoms with Gasteiger partial charge in [-0.2, -0.15) is 0 Å². The number of rotatable bonds is 3. The first-order valence-electron chi connectivity index (χ1n) is 19.5. The summed E-state index contributed by atoms with van der Waals surface area (Å²) in [6.07, 6.45) is 0. The second-order valence-corrected chi connectivity index (χ2v) is 16.1. The van der Waals surface area contributed by atoms with Crippen LogP contribution in [0.5, 0.6) is 0 Å². The Bertz CT molecular complexity index is 3250. The van der Waals surface area contributed by atoms with Gasteiger partial charge in [0, 0.05) is 5.41 Å². The second-order valence-electron chi connectivity index (χ2n) is 16.1. The molecule has 10 aromatic rings. The first-order chi connectivity index (χ1) is 26.9. The Labute approximate surface area is 322 Å². The van der Waals surface area contributed by atoms with Crippen molar-refractivity contribution >= 4 is 53.9 Å². The van der Waals surface area contributed by atoms with Crippen molar-refractivity contribution < 1.29 is 0 Å². The maximum atomic E-state index is 2.50. The minimum atomic E-state index is -0.0581. The van der Waals surface area contributed by atoms with Gasteiger partial charge in [-0.1, -0.05) is 159 Å². The van der Waals surface area contributed by atoms with E-state index < -0.39 is 0 Å². The van der Waals surface area contributed by atoms with Gasteiger partial charge in [0.25, 0.3) is 0 Å². The van der Waals surface area contributed by atoms with E-state index in [-0.39, 0.29) is 5.41 Å². The minimum absolute atomic E-state index is 0.0581. The molecular formula is C55H40. The Morgan fingerprint density at radius 1 is 0.309 bits per heavy atom. The number of aryl methyl sites for hydroxylation is 2. The molecule has 0 unspecified atom stereocenters. The normalized spacial score (nSPS) is 13.2. The maximum Gasteiger partial charge on any atom is 0.0159 e. The highest BCUT2D eigenvalue weighted by atomic mass is 14.4. The van der Waals surface area contributed by atoms with Crippen molar-refractivity contribution in [1.82, 2.24) is 0 Å². The van der Waals surface area contributed by atoms with Crippen LogP contribution in [0.3, 0.4) is 0 Å². The van der Waals surface area contributed by atoms with Gasteiger partial charge in [0.1, 0.15) is 0 Å². The fourth-order valence-corrected chi connectivity index (χ4v) is 9.95. The fraction of sp³-hybridized carbons (Fsp3) is 0.0909. The van der Waals surface area contributed by atoms with Gasteiger partial charge in [-0.3, -0.25) is 0 Å². The van der Waals surface area contributed by atoms with Gasteiger partial charge in [0.2, 0.25) is 0 Å². The third-order valence-corrected chi connectivity index (χ3v) is 12.7. The monoisotopic (exact) mass is 700 g/mol. The summed E-state index contributed by atoms with van der Waals surface area (Å²) in [4.78, 5) is 0. The molecule has 0 saturated heterocycles. The topological polar surface area (TPSA) is 0 Å². The van der Waals surface area contributed by atoms with Crippen LogP contribution in [0.2, 0.25) is 0 Å². The predicted octanol–water partition coefficient (Wildman–Crippen LogP) is 15.4. The highest BCUT2D eigenvalue weighted by Crippen LogP contribution is 2.51. The van der Waals surface area contributed by atoms with Crippen molar-refractivity contribution in [3.8, 4) is 44.5 Å². The summed E-state index contributed by atoms with van der Waals surface area (Å²) >= 11 is 0. The van der Waals surface area contributed by atoms with Crippen molar-refractivity contribution in [2.24, 2.45) is 0 Å². The average molecular weight is 701 g/mol. The molecule has 0 heterocycles. The van der Waals surface area contributed by atoms with E-state index in [1.165, 1.54) is 121 Å². The van der Waals surface area contributed by atoms with E-state index in [0.717, 1.165) is 0 Å². The van der Waals surface area contributed by atoms with E-state index in [0.29, 0.717) is 0 Å². The standard InChI is InChI=1S/C55H40/c1-33-21-23-35-13-5-7-15-39(35)53(33)49-31-48-43-27-25-37(38-26-28-45-44-19-11-12-20-51(44)55(3,4)52(45)30-38)29-46(43)50(32-47(48)41-17-9-10-18-42(41)49)54-34(2)22-24-36-14-6-8-16-40(36)54/h5-32H,1-4H3. The zero-order valence-corrected chi connectivity index (χ0v) is 31.7. The van der Waals surface area contributed by atoms with Crippen LogP contribution < -0.4 is 0 Å². The third-order valence-electron chi connectivity index (χ3n) is 12.7. The van der Waals surface area contributed by atoms with Crippen molar-refractivity contribution in [2.45, 2.75) is 33.1 Å². The van der Waals surface area contributed by atoms with Crippen molar-refractivity contribution in [2.75, 3.05) is 0 Å². The number of hydrogen-bond donors (Lipinski definition) is 0. The molecule has 0 radical (unpaired) electrons. The van der Waals surface area contributed by atoms with Crippen LogP contribution in [0.4, 0.5) is 0 Å². The van der Waals surface area contributed by atoms with Gasteiger partial charge < -0.3 is 0 Å². The van der Waals surface area contributed by atoms with E-state index in [1.807, 2.05) is 0 Å². The molecular weight excluding hydrogens is 661 g/mol. The summed E-state index contributed by atoms with van der Waals surface area (Å²) in [5, 5.41) is 12.8. The molecule has 0 aliphatic heterocycles. The molecule has 0 atom stereocenters. The molecule has 55 heavy (non-hydrogen) atoms. The lowest BCUT2D eigenvalue weighted by Crippen LogP contribution is -2.14. The van der Waals surface area contributed by atoms with Crippen LogP contribution in [-0.2, 0) is 5.41 Å². The van der Waals surface area contributed by atoms with Crippen molar-refractivity contribution in [1.29, 1.82) is 0 Å². The summed E-state index contributed by atoms with van der Waals surface area (Å²) < 4.78 is 0. The summed E-state index contributed by atoms with van der Waals surface area (Å²) in [6.45, 7) is 9.27. The molecule has 0 fully saturated rings. The molecule has 10 aromatic carbocycles. The lowest BCUT2D eigenvalue weighted by molar-refractivity contribution is 0.660. The van der Waals surface area contributed by atoms with E-state index >= 15 is 0 Å². The van der Waals surface area contributed by atoms with Crippen LogP contribution in [0.1, 0.15) is 36.1 Å². The highest BCUT2D eigenvalue weighted by Gasteiger charge is 2.35. The Kier molecular flexibility index (Phi) is 6.83. The Morgan fingerprint density at radius 3 is 1.47 bits per heavy atom. The SMILES string of the molecule is Cc1ccc2ccccc2c1-c1cc2c3ccc(-c4ccc5c(c4)C(C)(C)c4ccccc4-5)cc3c(-c3c(C)ccc4ccccc34)cc2c2ccccc12. The van der Waals surface area contributed by atoms with Crippen LogP contribution in [0.15, 0.2) is 170 Å². The molecule has 0 amide bonds. The number of hydrogen-bond acceptors (Lipinski definition) is 0. The van der Waals surface area contributed by atoms with Gasteiger partial charge in [0.15, 0.2) is 0 Å². The Morgan fingerprint density at radius 2 is 0.800 bits per heavy atom. The molecule has 0 saturated carbocycles.